The van der Waals surface area contributed by atoms with Crippen LogP contribution in [0.5, 0.6) is 0 Å². The number of benzene rings is 2. The number of amides is 2. The van der Waals surface area contributed by atoms with Crippen molar-refractivity contribution in [2.75, 3.05) is 0 Å². The highest BCUT2D eigenvalue weighted by atomic mass is 35.5. The van der Waals surface area contributed by atoms with Gasteiger partial charge in [-0.05, 0) is 51.3 Å². The number of halogens is 1. The molecule has 4 nitrogen and oxygen atoms in total. The number of carbonyl (C=O) groups is 2. The molecule has 0 fully saturated rings. The summed E-state index contributed by atoms with van der Waals surface area (Å²) in [5, 5.41) is 3.54. The molecule has 0 aliphatic rings. The van der Waals surface area contributed by atoms with Gasteiger partial charge in [0.1, 0.15) is 6.04 Å². The molecule has 29 heavy (non-hydrogen) atoms. The first kappa shape index (κ1) is 23.0. The van der Waals surface area contributed by atoms with Crippen LogP contribution in [-0.2, 0) is 22.6 Å². The van der Waals surface area contributed by atoms with Crippen LogP contribution in [0.3, 0.4) is 0 Å². The van der Waals surface area contributed by atoms with Gasteiger partial charge in [0.05, 0.1) is 6.42 Å². The van der Waals surface area contributed by atoms with Gasteiger partial charge in [-0.15, -0.1) is 0 Å². The molecule has 0 bridgehead atoms. The second-order valence-corrected chi connectivity index (χ2v) is 8.28. The molecule has 2 aromatic carbocycles. The van der Waals surface area contributed by atoms with Gasteiger partial charge in [0.2, 0.25) is 11.8 Å². The lowest BCUT2D eigenvalue weighted by Crippen LogP contribution is -2.50. The van der Waals surface area contributed by atoms with Gasteiger partial charge in [-0.1, -0.05) is 66.0 Å². The van der Waals surface area contributed by atoms with Crippen molar-refractivity contribution in [3.63, 3.8) is 0 Å². The molecule has 0 radical (unpaired) electrons. The summed E-state index contributed by atoms with van der Waals surface area (Å²) in [7, 11) is 0. The fourth-order valence-electron chi connectivity index (χ4n) is 3.56. The summed E-state index contributed by atoms with van der Waals surface area (Å²) in [5.41, 5.74) is 4.03. The minimum atomic E-state index is -0.549. The maximum absolute atomic E-state index is 13.3. The van der Waals surface area contributed by atoms with Crippen molar-refractivity contribution >= 4 is 23.4 Å². The smallest absolute Gasteiger partial charge is 0.243 e. The molecule has 2 rings (SSSR count). The standard InChI is InChI=1S/C24H31ClN2O2/c1-6-22(24(29)26-16(2)3)27(15-20-9-7-8-10-21(20)25)23(28)14-19-12-17(4)11-18(5)13-19/h7-13,16,22H,6,14-15H2,1-5H3,(H,26,29)/t22-/m1/s1. The number of rotatable bonds is 8. The van der Waals surface area contributed by atoms with E-state index in [4.69, 9.17) is 11.6 Å². The molecule has 0 aliphatic heterocycles. The van der Waals surface area contributed by atoms with Crippen LogP contribution in [0.1, 0.15) is 49.4 Å². The van der Waals surface area contributed by atoms with Crippen LogP contribution in [0.25, 0.3) is 0 Å². The van der Waals surface area contributed by atoms with Crippen molar-refractivity contribution in [1.82, 2.24) is 10.2 Å². The number of nitrogens with zero attached hydrogens (tertiary/aromatic N) is 1. The van der Waals surface area contributed by atoms with Crippen LogP contribution >= 0.6 is 11.6 Å². The van der Waals surface area contributed by atoms with Gasteiger partial charge in [0.25, 0.3) is 0 Å². The third kappa shape index (κ3) is 6.60. The summed E-state index contributed by atoms with van der Waals surface area (Å²) in [6.07, 6.45) is 0.778. The highest BCUT2D eigenvalue weighted by Gasteiger charge is 2.29. The molecule has 0 unspecified atom stereocenters. The largest absolute Gasteiger partial charge is 0.352 e. The zero-order valence-corrected chi connectivity index (χ0v) is 18.7. The summed E-state index contributed by atoms with van der Waals surface area (Å²) in [6, 6.07) is 13.0. The van der Waals surface area contributed by atoms with E-state index in [1.165, 1.54) is 0 Å². The molecule has 1 atom stereocenters. The number of hydrogen-bond donors (Lipinski definition) is 1. The van der Waals surface area contributed by atoms with Gasteiger partial charge in [-0.3, -0.25) is 9.59 Å². The van der Waals surface area contributed by atoms with Crippen LogP contribution in [0.15, 0.2) is 42.5 Å². The van der Waals surface area contributed by atoms with E-state index in [1.54, 1.807) is 11.0 Å². The van der Waals surface area contributed by atoms with Gasteiger partial charge >= 0.3 is 0 Å². The van der Waals surface area contributed by atoms with Crippen LogP contribution in [0.4, 0.5) is 0 Å². The summed E-state index contributed by atoms with van der Waals surface area (Å²) in [6.45, 7) is 10.1. The van der Waals surface area contributed by atoms with Gasteiger partial charge in [-0.25, -0.2) is 0 Å². The lowest BCUT2D eigenvalue weighted by Gasteiger charge is -2.31. The molecule has 0 saturated carbocycles. The molecule has 0 heterocycles. The third-order valence-electron chi connectivity index (χ3n) is 4.75. The number of aryl methyl sites for hydroxylation is 2. The highest BCUT2D eigenvalue weighted by Crippen LogP contribution is 2.21. The molecule has 1 N–H and O–H groups in total. The van der Waals surface area contributed by atoms with Crippen LogP contribution in [0, 0.1) is 13.8 Å². The summed E-state index contributed by atoms with van der Waals surface area (Å²) < 4.78 is 0. The fourth-order valence-corrected chi connectivity index (χ4v) is 3.75. The monoisotopic (exact) mass is 414 g/mol. The van der Waals surface area contributed by atoms with Crippen molar-refractivity contribution in [2.45, 2.75) is 66.1 Å². The van der Waals surface area contributed by atoms with E-state index in [0.29, 0.717) is 18.0 Å². The highest BCUT2D eigenvalue weighted by molar-refractivity contribution is 6.31. The fraction of sp³-hybridized carbons (Fsp3) is 0.417. The Morgan fingerprint density at radius 3 is 2.24 bits per heavy atom. The number of carbonyl (C=O) groups excluding carboxylic acids is 2. The van der Waals surface area contributed by atoms with Gasteiger partial charge < -0.3 is 10.2 Å². The lowest BCUT2D eigenvalue weighted by atomic mass is 10.0. The Labute approximate surface area is 179 Å². The molecule has 0 saturated heterocycles. The molecular formula is C24H31ClN2O2. The predicted octanol–water partition coefficient (Wildman–Crippen LogP) is 4.83. The molecule has 0 aliphatic carbocycles. The first-order valence-electron chi connectivity index (χ1n) is 10.1. The van der Waals surface area contributed by atoms with E-state index in [2.05, 4.69) is 11.4 Å². The first-order valence-corrected chi connectivity index (χ1v) is 10.5. The second kappa shape index (κ2) is 10.4. The maximum Gasteiger partial charge on any atom is 0.243 e. The van der Waals surface area contributed by atoms with Gasteiger partial charge in [0.15, 0.2) is 0 Å². The molecule has 0 aromatic heterocycles. The average Bonchev–Trinajstić information content (AvgIpc) is 2.61. The Bertz CT molecular complexity index is 843. The summed E-state index contributed by atoms with van der Waals surface area (Å²) in [4.78, 5) is 27.8. The lowest BCUT2D eigenvalue weighted by molar-refractivity contribution is -0.141. The Balaban J connectivity index is 2.35. The second-order valence-electron chi connectivity index (χ2n) is 7.87. The zero-order chi connectivity index (χ0) is 21.6. The van der Waals surface area contributed by atoms with Gasteiger partial charge in [0, 0.05) is 17.6 Å². The van der Waals surface area contributed by atoms with Crippen LogP contribution in [-0.4, -0.2) is 28.8 Å². The summed E-state index contributed by atoms with van der Waals surface area (Å²) >= 11 is 6.35. The molecule has 0 spiro atoms. The minimum Gasteiger partial charge on any atom is -0.352 e. The van der Waals surface area contributed by atoms with Crippen molar-refractivity contribution in [1.29, 1.82) is 0 Å². The molecular weight excluding hydrogens is 384 g/mol. The first-order chi connectivity index (χ1) is 13.7. The van der Waals surface area contributed by atoms with Crippen LogP contribution < -0.4 is 5.32 Å². The van der Waals surface area contributed by atoms with Gasteiger partial charge in [-0.2, -0.15) is 0 Å². The number of nitrogens with one attached hydrogen (secondary N) is 1. The van der Waals surface area contributed by atoms with E-state index in [1.807, 2.05) is 65.0 Å². The average molecular weight is 415 g/mol. The topological polar surface area (TPSA) is 49.4 Å². The normalized spacial score (nSPS) is 12.0. The molecule has 2 aromatic rings. The van der Waals surface area contributed by atoms with E-state index in [9.17, 15) is 9.59 Å². The van der Waals surface area contributed by atoms with Crippen molar-refractivity contribution in [3.8, 4) is 0 Å². The summed E-state index contributed by atoms with van der Waals surface area (Å²) in [5.74, 6) is -0.219. The Morgan fingerprint density at radius 2 is 1.69 bits per heavy atom. The SMILES string of the molecule is CC[C@H](C(=O)NC(C)C)N(Cc1ccccc1Cl)C(=O)Cc1cc(C)cc(C)c1. The van der Waals surface area contributed by atoms with E-state index in [0.717, 1.165) is 22.3 Å². The number of hydrogen-bond acceptors (Lipinski definition) is 2. The molecule has 2 amide bonds. The van der Waals surface area contributed by atoms with E-state index < -0.39 is 6.04 Å². The zero-order valence-electron chi connectivity index (χ0n) is 18.0. The van der Waals surface area contributed by atoms with E-state index >= 15 is 0 Å². The Kier molecular flexibility index (Phi) is 8.27. The van der Waals surface area contributed by atoms with Crippen LogP contribution in [0.2, 0.25) is 5.02 Å². The third-order valence-corrected chi connectivity index (χ3v) is 5.12. The maximum atomic E-state index is 13.3. The Hall–Kier alpha value is -2.33. The quantitative estimate of drug-likeness (QED) is 0.672. The predicted molar refractivity (Wildman–Crippen MR) is 119 cm³/mol. The molecule has 156 valence electrons. The van der Waals surface area contributed by atoms with Crippen molar-refractivity contribution in [3.05, 3.63) is 69.7 Å². The van der Waals surface area contributed by atoms with E-state index in [-0.39, 0.29) is 24.3 Å². The minimum absolute atomic E-state index is 0.00763. The Morgan fingerprint density at radius 1 is 1.07 bits per heavy atom. The molecule has 5 heteroatoms. The van der Waals surface area contributed by atoms with Crippen molar-refractivity contribution < 1.29 is 9.59 Å². The van der Waals surface area contributed by atoms with Crippen molar-refractivity contribution in [2.24, 2.45) is 0 Å².